The lowest BCUT2D eigenvalue weighted by molar-refractivity contribution is -0.130. The van der Waals surface area contributed by atoms with Gasteiger partial charge < -0.3 is 9.80 Å². The minimum absolute atomic E-state index is 0.0447. The summed E-state index contributed by atoms with van der Waals surface area (Å²) in [5.74, 6) is 0.0447. The van der Waals surface area contributed by atoms with Crippen molar-refractivity contribution in [1.29, 1.82) is 0 Å². The Bertz CT molecular complexity index is 1090. The first-order valence-electron chi connectivity index (χ1n) is 10.8. The monoisotopic (exact) mass is 406 g/mol. The average molecular weight is 407 g/mol. The van der Waals surface area contributed by atoms with Gasteiger partial charge in [-0.3, -0.25) is 13.9 Å². The van der Waals surface area contributed by atoms with Crippen molar-refractivity contribution in [2.24, 2.45) is 7.05 Å². The van der Waals surface area contributed by atoms with Crippen LogP contribution < -0.4 is 10.6 Å². The van der Waals surface area contributed by atoms with Gasteiger partial charge in [0.2, 0.25) is 5.91 Å². The van der Waals surface area contributed by atoms with Crippen molar-refractivity contribution in [2.75, 3.05) is 25.0 Å². The maximum Gasteiger partial charge on any atom is 0.328 e. The molecule has 2 heterocycles. The van der Waals surface area contributed by atoms with Crippen LogP contribution >= 0.6 is 0 Å². The number of aryl methyl sites for hydroxylation is 2. The number of para-hydroxylation sites is 3. The molecule has 4 rings (SSSR count). The number of rotatable bonds is 6. The summed E-state index contributed by atoms with van der Waals surface area (Å²) in [6.45, 7) is 3.13. The van der Waals surface area contributed by atoms with Crippen LogP contribution in [0.4, 0.5) is 5.69 Å². The largest absolute Gasteiger partial charge is 0.371 e. The van der Waals surface area contributed by atoms with Crippen LogP contribution in [0.1, 0.15) is 31.2 Å². The number of fused-ring (bicyclic) bond motifs is 1. The number of aromatic nitrogens is 2. The quantitative estimate of drug-likeness (QED) is 0.631. The molecule has 1 fully saturated rings. The highest BCUT2D eigenvalue weighted by atomic mass is 16.2. The minimum atomic E-state index is -0.0814. The van der Waals surface area contributed by atoms with Crippen LogP contribution in [0.2, 0.25) is 0 Å². The van der Waals surface area contributed by atoms with E-state index >= 15 is 0 Å². The fourth-order valence-corrected chi connectivity index (χ4v) is 4.41. The van der Waals surface area contributed by atoms with Crippen molar-refractivity contribution in [3.8, 4) is 0 Å². The van der Waals surface area contributed by atoms with Gasteiger partial charge in [-0.1, -0.05) is 30.3 Å². The summed E-state index contributed by atoms with van der Waals surface area (Å²) >= 11 is 0. The Hall–Kier alpha value is -3.02. The SMILES string of the molecule is CN(Cc1ccccc1N1CCCCC1)C(=O)CCn1c(=O)n(C)c2ccccc21. The number of piperidine rings is 1. The highest BCUT2D eigenvalue weighted by Gasteiger charge is 2.18. The second-order valence-corrected chi connectivity index (χ2v) is 8.16. The van der Waals surface area contributed by atoms with E-state index in [0.717, 1.165) is 24.1 Å². The number of hydrogen-bond donors (Lipinski definition) is 0. The molecule has 6 nitrogen and oxygen atoms in total. The Morgan fingerprint density at radius 1 is 0.967 bits per heavy atom. The molecule has 0 saturated carbocycles. The molecule has 158 valence electrons. The van der Waals surface area contributed by atoms with Crippen LogP contribution in [0.15, 0.2) is 53.3 Å². The molecule has 1 saturated heterocycles. The number of nitrogens with zero attached hydrogens (tertiary/aromatic N) is 4. The molecule has 0 atom stereocenters. The van der Waals surface area contributed by atoms with E-state index in [0.29, 0.717) is 19.5 Å². The van der Waals surface area contributed by atoms with Crippen molar-refractivity contribution in [3.05, 3.63) is 64.6 Å². The normalized spacial score (nSPS) is 14.3. The first-order chi connectivity index (χ1) is 14.6. The summed E-state index contributed by atoms with van der Waals surface area (Å²) in [6, 6.07) is 16.1. The predicted molar refractivity (Wildman–Crippen MR) is 121 cm³/mol. The van der Waals surface area contributed by atoms with Crippen molar-refractivity contribution < 1.29 is 4.79 Å². The van der Waals surface area contributed by atoms with Gasteiger partial charge >= 0.3 is 5.69 Å². The number of carbonyl (C=O) groups is 1. The highest BCUT2D eigenvalue weighted by molar-refractivity contribution is 5.78. The van der Waals surface area contributed by atoms with Gasteiger partial charge in [0.05, 0.1) is 11.0 Å². The predicted octanol–water partition coefficient (Wildman–Crippen LogP) is 3.38. The molecule has 1 aromatic heterocycles. The smallest absolute Gasteiger partial charge is 0.328 e. The van der Waals surface area contributed by atoms with Crippen molar-refractivity contribution >= 4 is 22.6 Å². The van der Waals surface area contributed by atoms with Gasteiger partial charge in [0, 0.05) is 52.4 Å². The number of hydrogen-bond acceptors (Lipinski definition) is 3. The first-order valence-corrected chi connectivity index (χ1v) is 10.8. The van der Waals surface area contributed by atoms with Crippen molar-refractivity contribution in [2.45, 2.75) is 38.8 Å². The molecule has 1 aliphatic heterocycles. The zero-order chi connectivity index (χ0) is 21.1. The third kappa shape index (κ3) is 3.99. The Morgan fingerprint density at radius 3 is 2.40 bits per heavy atom. The van der Waals surface area contributed by atoms with Gasteiger partial charge in [-0.25, -0.2) is 4.79 Å². The average Bonchev–Trinajstić information content (AvgIpc) is 3.03. The second-order valence-electron chi connectivity index (χ2n) is 8.16. The van der Waals surface area contributed by atoms with Crippen LogP contribution in [0.25, 0.3) is 11.0 Å². The number of carbonyl (C=O) groups excluding carboxylic acids is 1. The molecule has 1 amide bonds. The number of imidazole rings is 1. The zero-order valence-corrected chi connectivity index (χ0v) is 17.9. The van der Waals surface area contributed by atoms with Crippen LogP contribution in [0, 0.1) is 0 Å². The minimum Gasteiger partial charge on any atom is -0.371 e. The standard InChI is InChI=1S/C24H30N4O2/c1-25(18-19-10-4-5-11-20(19)27-15-8-3-9-16-27)23(29)14-17-28-22-13-7-6-12-21(22)26(2)24(28)30/h4-7,10-13H,3,8-9,14-18H2,1-2H3. The molecule has 0 N–H and O–H groups in total. The molecule has 6 heteroatoms. The van der Waals surface area contributed by atoms with E-state index in [9.17, 15) is 9.59 Å². The second kappa shape index (κ2) is 8.78. The van der Waals surface area contributed by atoms with E-state index in [1.54, 1.807) is 21.1 Å². The summed E-state index contributed by atoms with van der Waals surface area (Å²) in [4.78, 5) is 29.6. The molecule has 0 bridgehead atoms. The summed E-state index contributed by atoms with van der Waals surface area (Å²) in [5.41, 5.74) is 4.09. The number of amides is 1. The Kier molecular flexibility index (Phi) is 5.93. The Labute approximate surface area is 177 Å². The number of benzene rings is 2. The maximum absolute atomic E-state index is 12.9. The lowest BCUT2D eigenvalue weighted by Gasteiger charge is -2.31. The first kappa shape index (κ1) is 20.3. The fourth-order valence-electron chi connectivity index (χ4n) is 4.41. The molecule has 1 aliphatic rings. The fraction of sp³-hybridized carbons (Fsp3) is 0.417. The molecule has 0 radical (unpaired) electrons. The Balaban J connectivity index is 1.45. The van der Waals surface area contributed by atoms with Gasteiger partial charge in [0.15, 0.2) is 0 Å². The van der Waals surface area contributed by atoms with Crippen molar-refractivity contribution in [1.82, 2.24) is 14.0 Å². The van der Waals surface area contributed by atoms with E-state index in [4.69, 9.17) is 0 Å². The van der Waals surface area contributed by atoms with Gasteiger partial charge in [0.1, 0.15) is 0 Å². The summed E-state index contributed by atoms with van der Waals surface area (Å²) < 4.78 is 3.33. The molecule has 30 heavy (non-hydrogen) atoms. The van der Waals surface area contributed by atoms with E-state index < -0.39 is 0 Å². The third-order valence-corrected chi connectivity index (χ3v) is 6.12. The Morgan fingerprint density at radius 2 is 1.63 bits per heavy atom. The van der Waals surface area contributed by atoms with Gasteiger partial charge in [-0.05, 0) is 43.0 Å². The molecule has 3 aromatic rings. The van der Waals surface area contributed by atoms with Crippen LogP contribution in [0.3, 0.4) is 0 Å². The molecule has 0 unspecified atom stereocenters. The lowest BCUT2D eigenvalue weighted by atomic mass is 10.1. The third-order valence-electron chi connectivity index (χ3n) is 6.12. The number of anilines is 1. The molecule has 0 spiro atoms. The van der Waals surface area contributed by atoms with E-state index in [2.05, 4.69) is 23.1 Å². The van der Waals surface area contributed by atoms with Crippen LogP contribution in [0.5, 0.6) is 0 Å². The topological polar surface area (TPSA) is 50.5 Å². The molecule has 2 aromatic carbocycles. The summed E-state index contributed by atoms with van der Waals surface area (Å²) in [6.07, 6.45) is 4.05. The van der Waals surface area contributed by atoms with Gasteiger partial charge in [-0.2, -0.15) is 0 Å². The van der Waals surface area contributed by atoms with Crippen LogP contribution in [-0.4, -0.2) is 40.1 Å². The van der Waals surface area contributed by atoms with E-state index in [-0.39, 0.29) is 11.6 Å². The van der Waals surface area contributed by atoms with E-state index in [1.807, 2.05) is 37.4 Å². The van der Waals surface area contributed by atoms with Gasteiger partial charge in [-0.15, -0.1) is 0 Å². The molecular formula is C24H30N4O2. The van der Waals surface area contributed by atoms with Gasteiger partial charge in [0.25, 0.3) is 0 Å². The highest BCUT2D eigenvalue weighted by Crippen LogP contribution is 2.25. The zero-order valence-electron chi connectivity index (χ0n) is 17.9. The lowest BCUT2D eigenvalue weighted by Crippen LogP contribution is -2.32. The van der Waals surface area contributed by atoms with Crippen molar-refractivity contribution in [3.63, 3.8) is 0 Å². The molecular weight excluding hydrogens is 376 g/mol. The summed E-state index contributed by atoms with van der Waals surface area (Å²) in [7, 11) is 3.62. The maximum atomic E-state index is 12.9. The van der Waals surface area contributed by atoms with E-state index in [1.165, 1.54) is 30.5 Å². The van der Waals surface area contributed by atoms with Crippen LogP contribution in [-0.2, 0) is 24.9 Å². The summed E-state index contributed by atoms with van der Waals surface area (Å²) in [5, 5.41) is 0. The molecule has 0 aliphatic carbocycles.